The van der Waals surface area contributed by atoms with Crippen LogP contribution in [0.2, 0.25) is 0 Å². The number of pyridine rings is 1. The third-order valence-corrected chi connectivity index (χ3v) is 3.86. The predicted molar refractivity (Wildman–Crippen MR) is 88.4 cm³/mol. The van der Waals surface area contributed by atoms with Crippen molar-refractivity contribution >= 4 is 34.5 Å². The van der Waals surface area contributed by atoms with Crippen LogP contribution in [0.5, 0.6) is 0 Å². The second-order valence-electron chi connectivity index (χ2n) is 5.20. The van der Waals surface area contributed by atoms with Gasteiger partial charge in [0.2, 0.25) is 0 Å². The van der Waals surface area contributed by atoms with Gasteiger partial charge in [0, 0.05) is 22.7 Å². The first-order valence-electron chi connectivity index (χ1n) is 7.06. The highest BCUT2D eigenvalue weighted by Gasteiger charge is 2.15. The van der Waals surface area contributed by atoms with Gasteiger partial charge in [0.15, 0.2) is 0 Å². The molecular formula is C17H13BN2O2. The fourth-order valence-electron chi connectivity index (χ4n) is 2.88. The van der Waals surface area contributed by atoms with E-state index in [1.165, 1.54) is 0 Å². The third-order valence-electron chi connectivity index (χ3n) is 3.86. The number of benzene rings is 2. The van der Waals surface area contributed by atoms with Crippen molar-refractivity contribution < 1.29 is 10.0 Å². The van der Waals surface area contributed by atoms with E-state index in [0.717, 1.165) is 27.6 Å². The van der Waals surface area contributed by atoms with Crippen LogP contribution >= 0.6 is 0 Å². The molecule has 2 N–H and O–H groups in total. The fraction of sp³-hybridized carbons (Fsp3) is 0. The number of rotatable bonds is 2. The lowest BCUT2D eigenvalue weighted by atomic mass is 9.80. The number of aromatic nitrogens is 2. The Hall–Kier alpha value is -2.63. The zero-order valence-electron chi connectivity index (χ0n) is 11.7. The Labute approximate surface area is 127 Å². The number of para-hydroxylation sites is 1. The second-order valence-corrected chi connectivity index (χ2v) is 5.20. The summed E-state index contributed by atoms with van der Waals surface area (Å²) >= 11 is 0. The summed E-state index contributed by atoms with van der Waals surface area (Å²) in [5, 5.41) is 21.0. The van der Waals surface area contributed by atoms with Gasteiger partial charge in [0.25, 0.3) is 0 Å². The first-order valence-corrected chi connectivity index (χ1v) is 7.06. The van der Waals surface area contributed by atoms with E-state index in [9.17, 15) is 10.0 Å². The topological polar surface area (TPSA) is 58.3 Å². The van der Waals surface area contributed by atoms with E-state index < -0.39 is 7.12 Å². The van der Waals surface area contributed by atoms with Crippen molar-refractivity contribution in [3.8, 4) is 5.69 Å². The van der Waals surface area contributed by atoms with Crippen LogP contribution in [0.25, 0.3) is 27.6 Å². The SMILES string of the molecule is OB(O)c1cccc(-n2c3ccccc3c3cccnc32)c1. The van der Waals surface area contributed by atoms with Crippen molar-refractivity contribution in [1.82, 2.24) is 9.55 Å². The number of hydrogen-bond acceptors (Lipinski definition) is 3. The van der Waals surface area contributed by atoms with Crippen molar-refractivity contribution in [3.63, 3.8) is 0 Å². The van der Waals surface area contributed by atoms with E-state index in [4.69, 9.17) is 0 Å². The molecule has 2 aromatic carbocycles. The molecule has 0 saturated carbocycles. The summed E-state index contributed by atoms with van der Waals surface area (Å²) in [4.78, 5) is 4.51. The van der Waals surface area contributed by atoms with Crippen LogP contribution in [0.3, 0.4) is 0 Å². The van der Waals surface area contributed by atoms with Crippen LogP contribution in [0, 0.1) is 0 Å². The van der Waals surface area contributed by atoms with Crippen LogP contribution in [-0.4, -0.2) is 26.7 Å². The van der Waals surface area contributed by atoms with E-state index in [0.29, 0.717) is 5.46 Å². The van der Waals surface area contributed by atoms with Crippen molar-refractivity contribution in [1.29, 1.82) is 0 Å². The molecule has 4 aromatic rings. The normalized spacial score (nSPS) is 11.2. The lowest BCUT2D eigenvalue weighted by molar-refractivity contribution is 0.426. The number of fused-ring (bicyclic) bond motifs is 3. The van der Waals surface area contributed by atoms with Crippen LogP contribution in [0.15, 0.2) is 66.9 Å². The standard InChI is InChI=1S/C17H13BN2O2/c21-18(22)12-5-3-6-13(11-12)20-16-9-2-1-7-14(16)15-8-4-10-19-17(15)20/h1-11,21-22H. The molecule has 4 rings (SSSR count). The zero-order valence-corrected chi connectivity index (χ0v) is 11.7. The Balaban J connectivity index is 2.11. The first-order chi connectivity index (χ1) is 10.8. The molecule has 2 aromatic heterocycles. The summed E-state index contributed by atoms with van der Waals surface area (Å²) in [6.07, 6.45) is 1.77. The molecule has 0 radical (unpaired) electrons. The summed E-state index contributed by atoms with van der Waals surface area (Å²) in [6, 6.07) is 19.3. The van der Waals surface area contributed by atoms with E-state index >= 15 is 0 Å². The molecular weight excluding hydrogens is 275 g/mol. The van der Waals surface area contributed by atoms with Crippen LogP contribution in [-0.2, 0) is 0 Å². The Morgan fingerprint density at radius 3 is 2.55 bits per heavy atom. The van der Waals surface area contributed by atoms with Gasteiger partial charge >= 0.3 is 7.12 Å². The molecule has 0 aliphatic carbocycles. The Kier molecular flexibility index (Phi) is 2.96. The van der Waals surface area contributed by atoms with Gasteiger partial charge in [-0.1, -0.05) is 30.3 Å². The minimum atomic E-state index is -1.49. The average Bonchev–Trinajstić information content (AvgIpc) is 2.89. The molecule has 0 atom stereocenters. The lowest BCUT2D eigenvalue weighted by Gasteiger charge is -2.08. The molecule has 22 heavy (non-hydrogen) atoms. The maximum Gasteiger partial charge on any atom is 0.488 e. The minimum Gasteiger partial charge on any atom is -0.423 e. The Bertz CT molecular complexity index is 925. The van der Waals surface area contributed by atoms with Crippen molar-refractivity contribution in [3.05, 3.63) is 66.9 Å². The molecule has 4 nitrogen and oxygen atoms in total. The average molecular weight is 288 g/mol. The van der Waals surface area contributed by atoms with Crippen molar-refractivity contribution in [2.24, 2.45) is 0 Å². The summed E-state index contributed by atoms with van der Waals surface area (Å²) in [5.41, 5.74) is 3.21. The maximum atomic E-state index is 9.40. The molecule has 0 fully saturated rings. The molecule has 0 amide bonds. The fourth-order valence-corrected chi connectivity index (χ4v) is 2.88. The summed E-state index contributed by atoms with van der Waals surface area (Å²) in [7, 11) is -1.49. The quantitative estimate of drug-likeness (QED) is 0.553. The number of nitrogens with zero attached hydrogens (tertiary/aromatic N) is 2. The minimum absolute atomic E-state index is 0.458. The highest BCUT2D eigenvalue weighted by molar-refractivity contribution is 6.58. The van der Waals surface area contributed by atoms with E-state index in [-0.39, 0.29) is 0 Å². The monoisotopic (exact) mass is 288 g/mol. The van der Waals surface area contributed by atoms with Gasteiger partial charge in [-0.3, -0.25) is 4.57 Å². The molecule has 5 heteroatoms. The van der Waals surface area contributed by atoms with Crippen LogP contribution < -0.4 is 5.46 Å². The molecule has 0 aliphatic rings. The van der Waals surface area contributed by atoms with E-state index in [1.807, 2.05) is 47.0 Å². The van der Waals surface area contributed by atoms with Gasteiger partial charge in [-0.05, 0) is 35.8 Å². The van der Waals surface area contributed by atoms with Gasteiger partial charge in [0.05, 0.1) is 5.52 Å². The van der Waals surface area contributed by atoms with Crippen LogP contribution in [0.1, 0.15) is 0 Å². The highest BCUT2D eigenvalue weighted by atomic mass is 16.4. The summed E-state index contributed by atoms with van der Waals surface area (Å²) in [5.74, 6) is 0. The third kappa shape index (κ3) is 1.91. The maximum absolute atomic E-state index is 9.40. The lowest BCUT2D eigenvalue weighted by Crippen LogP contribution is -2.29. The van der Waals surface area contributed by atoms with Gasteiger partial charge in [-0.2, -0.15) is 0 Å². The highest BCUT2D eigenvalue weighted by Crippen LogP contribution is 2.29. The molecule has 106 valence electrons. The van der Waals surface area contributed by atoms with Gasteiger partial charge in [-0.15, -0.1) is 0 Å². The van der Waals surface area contributed by atoms with E-state index in [2.05, 4.69) is 11.1 Å². The van der Waals surface area contributed by atoms with Gasteiger partial charge in [-0.25, -0.2) is 4.98 Å². The number of hydrogen-bond donors (Lipinski definition) is 2. The van der Waals surface area contributed by atoms with Gasteiger partial charge in [0.1, 0.15) is 5.65 Å². The second kappa shape index (κ2) is 4.98. The Morgan fingerprint density at radius 1 is 0.864 bits per heavy atom. The zero-order chi connectivity index (χ0) is 15.1. The Morgan fingerprint density at radius 2 is 1.68 bits per heavy atom. The van der Waals surface area contributed by atoms with Gasteiger partial charge < -0.3 is 10.0 Å². The largest absolute Gasteiger partial charge is 0.488 e. The predicted octanol–water partition coefficient (Wildman–Crippen LogP) is 1.86. The van der Waals surface area contributed by atoms with Crippen LogP contribution in [0.4, 0.5) is 0 Å². The summed E-state index contributed by atoms with van der Waals surface area (Å²) < 4.78 is 2.04. The molecule has 2 heterocycles. The van der Waals surface area contributed by atoms with Crippen molar-refractivity contribution in [2.45, 2.75) is 0 Å². The molecule has 0 spiro atoms. The molecule has 0 unspecified atom stereocenters. The molecule has 0 aliphatic heterocycles. The van der Waals surface area contributed by atoms with Crippen molar-refractivity contribution in [2.75, 3.05) is 0 Å². The smallest absolute Gasteiger partial charge is 0.423 e. The molecule has 0 bridgehead atoms. The molecule has 0 saturated heterocycles. The summed E-state index contributed by atoms with van der Waals surface area (Å²) in [6.45, 7) is 0. The first kappa shape index (κ1) is 13.1. The van der Waals surface area contributed by atoms with E-state index in [1.54, 1.807) is 18.3 Å².